The van der Waals surface area contributed by atoms with E-state index in [1.165, 1.54) is 0 Å². The Morgan fingerprint density at radius 3 is 1.45 bits per heavy atom. The maximum atomic E-state index is 11.6. The Balaban J connectivity index is 4.31. The zero-order chi connectivity index (χ0) is 17.6. The molecular weight excluding hydrogens is 290 g/mol. The molecule has 0 N–H and O–H groups in total. The van der Waals surface area contributed by atoms with Gasteiger partial charge in [-0.15, -0.1) is 0 Å². The van der Waals surface area contributed by atoms with E-state index in [-0.39, 0.29) is 25.7 Å². The van der Waals surface area contributed by atoms with Gasteiger partial charge in [-0.2, -0.15) is 0 Å². The van der Waals surface area contributed by atoms with Crippen LogP contribution < -0.4 is 0 Å². The molecule has 0 amide bonds. The van der Waals surface area contributed by atoms with E-state index in [0.717, 1.165) is 0 Å². The average molecular weight is 317 g/mol. The van der Waals surface area contributed by atoms with Crippen molar-refractivity contribution in [2.24, 2.45) is 0 Å². The standard InChI is InChI=1S/C15H27NO6/c1-14(2,3)21-12(17)9-7-11(16(19)20)8-10-13(18)22-15(4,5)6/h11H,7-10H2,1-6H3. The van der Waals surface area contributed by atoms with E-state index in [2.05, 4.69) is 0 Å². The summed E-state index contributed by atoms with van der Waals surface area (Å²) in [6, 6.07) is -0.958. The molecule has 0 spiro atoms. The van der Waals surface area contributed by atoms with Gasteiger partial charge in [0, 0.05) is 17.8 Å². The fraction of sp³-hybridized carbons (Fsp3) is 0.867. The molecule has 0 heterocycles. The largest absolute Gasteiger partial charge is 0.460 e. The second-order valence-corrected chi connectivity index (χ2v) is 7.19. The first-order valence-electron chi connectivity index (χ1n) is 7.37. The Kier molecular flexibility index (Phi) is 7.49. The lowest BCUT2D eigenvalue weighted by atomic mass is 10.1. The Morgan fingerprint density at radius 2 is 1.23 bits per heavy atom. The molecule has 128 valence electrons. The molecule has 0 fully saturated rings. The first kappa shape index (κ1) is 20.3. The third-order valence-electron chi connectivity index (χ3n) is 2.50. The number of hydrogen-bond acceptors (Lipinski definition) is 6. The molecule has 7 nitrogen and oxygen atoms in total. The molecule has 0 unspecified atom stereocenters. The predicted octanol–water partition coefficient (Wildman–Crippen LogP) is 2.88. The molecule has 7 heteroatoms. The Hall–Kier alpha value is -1.66. The lowest BCUT2D eigenvalue weighted by molar-refractivity contribution is -0.524. The van der Waals surface area contributed by atoms with E-state index < -0.39 is 34.1 Å². The fourth-order valence-electron chi connectivity index (χ4n) is 1.71. The molecule has 0 atom stereocenters. The highest BCUT2D eigenvalue weighted by atomic mass is 16.6. The highest BCUT2D eigenvalue weighted by molar-refractivity contribution is 5.70. The van der Waals surface area contributed by atoms with Crippen molar-refractivity contribution < 1.29 is 24.0 Å². The monoisotopic (exact) mass is 317 g/mol. The van der Waals surface area contributed by atoms with Crippen molar-refractivity contribution in [1.29, 1.82) is 0 Å². The molecule has 0 saturated carbocycles. The van der Waals surface area contributed by atoms with Gasteiger partial charge in [0.05, 0.1) is 12.8 Å². The molecule has 22 heavy (non-hydrogen) atoms. The minimum atomic E-state index is -0.958. The van der Waals surface area contributed by atoms with Gasteiger partial charge in [-0.3, -0.25) is 19.7 Å². The van der Waals surface area contributed by atoms with Crippen LogP contribution in [0.15, 0.2) is 0 Å². The normalized spacial score (nSPS) is 12.1. The van der Waals surface area contributed by atoms with Crippen LogP contribution in [0.2, 0.25) is 0 Å². The summed E-state index contributed by atoms with van der Waals surface area (Å²) < 4.78 is 10.2. The smallest absolute Gasteiger partial charge is 0.306 e. The molecule has 0 aromatic heterocycles. The Labute approximate surface area is 131 Å². The lowest BCUT2D eigenvalue weighted by Gasteiger charge is -2.20. The highest BCUT2D eigenvalue weighted by Crippen LogP contribution is 2.15. The molecule has 0 aromatic carbocycles. The predicted molar refractivity (Wildman–Crippen MR) is 80.9 cm³/mol. The van der Waals surface area contributed by atoms with Gasteiger partial charge in [0.25, 0.3) is 0 Å². The lowest BCUT2D eigenvalue weighted by Crippen LogP contribution is -2.28. The van der Waals surface area contributed by atoms with Crippen LogP contribution >= 0.6 is 0 Å². The van der Waals surface area contributed by atoms with Crippen LogP contribution in [0.5, 0.6) is 0 Å². The maximum absolute atomic E-state index is 11.6. The van der Waals surface area contributed by atoms with E-state index in [9.17, 15) is 19.7 Å². The van der Waals surface area contributed by atoms with Crippen LogP contribution in [-0.2, 0) is 19.1 Å². The first-order valence-corrected chi connectivity index (χ1v) is 7.37. The van der Waals surface area contributed by atoms with Gasteiger partial charge in [-0.1, -0.05) is 0 Å². The first-order chi connectivity index (χ1) is 9.80. The Morgan fingerprint density at radius 1 is 0.909 bits per heavy atom. The zero-order valence-electron chi connectivity index (χ0n) is 14.3. The second kappa shape index (κ2) is 8.10. The van der Waals surface area contributed by atoms with Crippen molar-refractivity contribution in [2.75, 3.05) is 0 Å². The number of rotatable bonds is 7. The van der Waals surface area contributed by atoms with Crippen molar-refractivity contribution in [1.82, 2.24) is 0 Å². The number of carbonyl (C=O) groups is 2. The van der Waals surface area contributed by atoms with Crippen LogP contribution in [0.4, 0.5) is 0 Å². The van der Waals surface area contributed by atoms with Crippen LogP contribution in [0.25, 0.3) is 0 Å². The van der Waals surface area contributed by atoms with Gasteiger partial charge in [0.2, 0.25) is 6.04 Å². The minimum Gasteiger partial charge on any atom is -0.460 e. The summed E-state index contributed by atoms with van der Waals surface area (Å²) in [6.07, 6.45) is 0.00386. The van der Waals surface area contributed by atoms with Crippen molar-refractivity contribution in [2.45, 2.75) is 84.5 Å². The van der Waals surface area contributed by atoms with E-state index >= 15 is 0 Å². The second-order valence-electron chi connectivity index (χ2n) is 7.19. The van der Waals surface area contributed by atoms with Gasteiger partial charge in [-0.05, 0) is 41.5 Å². The van der Waals surface area contributed by atoms with Crippen molar-refractivity contribution in [3.05, 3.63) is 10.1 Å². The fourth-order valence-corrected chi connectivity index (χ4v) is 1.71. The summed E-state index contributed by atoms with van der Waals surface area (Å²) in [7, 11) is 0. The number of nitro groups is 1. The van der Waals surface area contributed by atoms with Gasteiger partial charge in [-0.25, -0.2) is 0 Å². The van der Waals surface area contributed by atoms with Crippen molar-refractivity contribution in [3.8, 4) is 0 Å². The van der Waals surface area contributed by atoms with E-state index in [4.69, 9.17) is 9.47 Å². The molecule has 0 aromatic rings. The van der Waals surface area contributed by atoms with Crippen molar-refractivity contribution in [3.63, 3.8) is 0 Å². The average Bonchev–Trinajstić information content (AvgIpc) is 2.23. The Bertz CT molecular complexity index is 373. The third-order valence-corrected chi connectivity index (χ3v) is 2.50. The molecule has 0 aliphatic rings. The van der Waals surface area contributed by atoms with Gasteiger partial charge >= 0.3 is 11.9 Å². The number of ether oxygens (including phenoxy) is 2. The van der Waals surface area contributed by atoms with Crippen LogP contribution in [0.3, 0.4) is 0 Å². The van der Waals surface area contributed by atoms with Crippen LogP contribution in [-0.4, -0.2) is 34.1 Å². The number of nitrogens with zero attached hydrogens (tertiary/aromatic N) is 1. The molecule has 0 rings (SSSR count). The highest BCUT2D eigenvalue weighted by Gasteiger charge is 2.26. The SMILES string of the molecule is CC(C)(C)OC(=O)CCC(CCC(=O)OC(C)(C)C)[N+](=O)[O-]. The molecule has 0 bridgehead atoms. The molecule has 0 saturated heterocycles. The molecule has 0 aliphatic heterocycles. The van der Waals surface area contributed by atoms with Crippen LogP contribution in [0, 0.1) is 10.1 Å². The topological polar surface area (TPSA) is 95.7 Å². The van der Waals surface area contributed by atoms with E-state index in [1.807, 2.05) is 0 Å². The summed E-state index contributed by atoms with van der Waals surface area (Å²) in [5.74, 6) is -0.951. The number of esters is 2. The van der Waals surface area contributed by atoms with Gasteiger partial charge in [0.1, 0.15) is 11.2 Å². The summed E-state index contributed by atoms with van der Waals surface area (Å²) >= 11 is 0. The molecule has 0 aliphatic carbocycles. The quantitative estimate of drug-likeness (QED) is 0.407. The maximum Gasteiger partial charge on any atom is 0.306 e. The zero-order valence-corrected chi connectivity index (χ0v) is 14.3. The van der Waals surface area contributed by atoms with E-state index in [0.29, 0.717) is 0 Å². The minimum absolute atomic E-state index is 0.0444. The summed E-state index contributed by atoms with van der Waals surface area (Å²) in [4.78, 5) is 33.7. The molecule has 0 radical (unpaired) electrons. The van der Waals surface area contributed by atoms with Crippen molar-refractivity contribution >= 4 is 11.9 Å². The third kappa shape index (κ3) is 11.0. The summed E-state index contributed by atoms with van der Waals surface area (Å²) in [6.45, 7) is 10.4. The summed E-state index contributed by atoms with van der Waals surface area (Å²) in [5, 5.41) is 11.0. The number of hydrogen-bond donors (Lipinski definition) is 0. The molecular formula is C15H27NO6. The van der Waals surface area contributed by atoms with Gasteiger partial charge in [0.15, 0.2) is 0 Å². The van der Waals surface area contributed by atoms with Crippen LogP contribution in [0.1, 0.15) is 67.2 Å². The van der Waals surface area contributed by atoms with Gasteiger partial charge < -0.3 is 9.47 Å². The number of carbonyl (C=O) groups excluding carboxylic acids is 2. The summed E-state index contributed by atoms with van der Waals surface area (Å²) in [5.41, 5.74) is -1.23. The van der Waals surface area contributed by atoms with E-state index in [1.54, 1.807) is 41.5 Å².